The summed E-state index contributed by atoms with van der Waals surface area (Å²) >= 11 is 0. The van der Waals surface area contributed by atoms with Crippen LogP contribution in [-0.2, 0) is 19.0 Å². The van der Waals surface area contributed by atoms with Gasteiger partial charge in [-0.15, -0.1) is 0 Å². The van der Waals surface area contributed by atoms with Crippen LogP contribution in [0, 0.1) is 5.92 Å². The molecule has 7 unspecified atom stereocenters. The molecule has 0 amide bonds. The summed E-state index contributed by atoms with van der Waals surface area (Å²) in [6.07, 6.45) is -5.40. The van der Waals surface area contributed by atoms with E-state index in [1.807, 2.05) is 0 Å². The highest BCUT2D eigenvalue weighted by Gasteiger charge is 2.65. The second-order valence-corrected chi connectivity index (χ2v) is 7.22. The molecule has 0 radical (unpaired) electrons. The molecule has 9 nitrogen and oxygen atoms in total. The van der Waals surface area contributed by atoms with E-state index in [1.54, 1.807) is 13.8 Å². The third kappa shape index (κ3) is 3.64. The first-order chi connectivity index (χ1) is 12.5. The molecular weight excluding hydrogens is 366 g/mol. The Morgan fingerprint density at radius 1 is 1.41 bits per heavy atom. The van der Waals surface area contributed by atoms with Crippen molar-refractivity contribution in [3.63, 3.8) is 0 Å². The normalized spacial score (nSPS) is 36.7. The van der Waals surface area contributed by atoms with Gasteiger partial charge in [0.1, 0.15) is 24.1 Å². The Morgan fingerprint density at radius 3 is 2.70 bits per heavy atom. The van der Waals surface area contributed by atoms with Crippen molar-refractivity contribution in [2.24, 2.45) is 22.4 Å². The summed E-state index contributed by atoms with van der Waals surface area (Å²) in [6.45, 7) is 4.83. The quantitative estimate of drug-likeness (QED) is 0.422. The van der Waals surface area contributed by atoms with Crippen molar-refractivity contribution in [2.75, 3.05) is 0 Å². The van der Waals surface area contributed by atoms with Crippen molar-refractivity contribution in [1.82, 2.24) is 4.90 Å². The van der Waals surface area contributed by atoms with Gasteiger partial charge in [-0.1, -0.05) is 13.8 Å². The van der Waals surface area contributed by atoms with Gasteiger partial charge >= 0.3 is 11.9 Å². The molecule has 2 fully saturated rings. The molecule has 7 atom stereocenters. The highest BCUT2D eigenvalue weighted by atomic mass is 19.3. The van der Waals surface area contributed by atoms with Crippen LogP contribution in [0.4, 0.5) is 8.78 Å². The van der Waals surface area contributed by atoms with E-state index in [9.17, 15) is 18.7 Å². The highest BCUT2D eigenvalue weighted by molar-refractivity contribution is 5.91. The minimum Gasteiger partial charge on any atom is -0.459 e. The number of nitrogens with zero attached hydrogens (tertiary/aromatic N) is 2. The number of nitrogens with two attached hydrogens (primary N) is 2. The fourth-order valence-corrected chi connectivity index (χ4v) is 2.97. The predicted octanol–water partition coefficient (Wildman–Crippen LogP) is -0.509. The van der Waals surface area contributed by atoms with Gasteiger partial charge in [-0.05, 0) is 18.9 Å². The monoisotopic (exact) mass is 390 g/mol. The molecule has 3 rings (SSSR count). The number of epoxide rings is 1. The van der Waals surface area contributed by atoms with Crippen molar-refractivity contribution in [2.45, 2.75) is 69.7 Å². The zero-order valence-electron chi connectivity index (χ0n) is 15.2. The number of ether oxygens (including phenoxy) is 3. The maximum Gasteiger partial charge on any atom is 0.323 e. The fraction of sp³-hybridized carbons (Fsp3) is 0.750. The number of rotatable bonds is 5. The van der Waals surface area contributed by atoms with Crippen LogP contribution >= 0.6 is 0 Å². The van der Waals surface area contributed by atoms with Crippen molar-refractivity contribution < 1.29 is 32.9 Å². The molecule has 3 aliphatic rings. The lowest BCUT2D eigenvalue weighted by Gasteiger charge is -2.29. The van der Waals surface area contributed by atoms with Gasteiger partial charge in [0.25, 0.3) is 0 Å². The Labute approximate surface area is 154 Å². The van der Waals surface area contributed by atoms with Gasteiger partial charge in [0.2, 0.25) is 0 Å². The predicted molar refractivity (Wildman–Crippen MR) is 89.2 cm³/mol. The number of carbonyl (C=O) groups is 1. The molecule has 5 N–H and O–H groups in total. The molecule has 0 aromatic carbocycles. The lowest BCUT2D eigenvalue weighted by Crippen LogP contribution is -2.49. The zero-order valence-corrected chi connectivity index (χ0v) is 15.2. The Morgan fingerprint density at radius 2 is 2.07 bits per heavy atom. The Balaban J connectivity index is 1.73. The average molecular weight is 390 g/mol. The number of aliphatic imine (C=N–C) groups is 1. The molecular formula is C16H24F2N4O5. The Kier molecular flexibility index (Phi) is 5.14. The topological polar surface area (TPSA) is 136 Å². The molecule has 0 aliphatic carbocycles. The standard InChI is InChI=1S/C16H24F2N4O5/c1-6(2)9(20)14(24)25-7(3)10-11(23)16(17,18)15(26-10)22-5-4-8(19)21-12-13(22)27-12/h4-7,9-13,15,23H,20H2,1-3H3,(H2,19,21). The summed E-state index contributed by atoms with van der Waals surface area (Å²) in [5.74, 6) is -4.45. The van der Waals surface area contributed by atoms with E-state index in [0.717, 1.165) is 4.90 Å². The Bertz CT molecular complexity index is 659. The van der Waals surface area contributed by atoms with Crippen LogP contribution in [0.3, 0.4) is 0 Å². The second kappa shape index (κ2) is 6.97. The second-order valence-electron chi connectivity index (χ2n) is 7.22. The summed E-state index contributed by atoms with van der Waals surface area (Å²) in [5, 5.41) is 10.1. The van der Waals surface area contributed by atoms with Crippen molar-refractivity contribution in [3.05, 3.63) is 12.3 Å². The molecule has 3 aliphatic heterocycles. The van der Waals surface area contributed by atoms with Gasteiger partial charge in [0.05, 0.1) is 0 Å². The van der Waals surface area contributed by atoms with Crippen molar-refractivity contribution in [1.29, 1.82) is 0 Å². The van der Waals surface area contributed by atoms with Crippen LogP contribution in [0.15, 0.2) is 17.3 Å². The van der Waals surface area contributed by atoms with Crippen LogP contribution in [0.5, 0.6) is 0 Å². The van der Waals surface area contributed by atoms with Crippen LogP contribution in [0.25, 0.3) is 0 Å². The first kappa shape index (κ1) is 19.9. The largest absolute Gasteiger partial charge is 0.459 e. The average Bonchev–Trinajstić information content (AvgIpc) is 3.30. The van der Waals surface area contributed by atoms with E-state index < -0.39 is 54.9 Å². The van der Waals surface area contributed by atoms with E-state index in [1.165, 1.54) is 19.2 Å². The number of fused-ring (bicyclic) bond motifs is 1. The van der Waals surface area contributed by atoms with Crippen LogP contribution in [0.2, 0.25) is 0 Å². The number of aliphatic hydroxyl groups excluding tert-OH is 1. The van der Waals surface area contributed by atoms with E-state index in [2.05, 4.69) is 4.99 Å². The van der Waals surface area contributed by atoms with E-state index >= 15 is 0 Å². The summed E-state index contributed by atoms with van der Waals surface area (Å²) in [5.41, 5.74) is 11.3. The molecule has 0 aromatic rings. The molecule has 0 aromatic heterocycles. The molecule has 3 heterocycles. The first-order valence-corrected chi connectivity index (χ1v) is 8.65. The maximum atomic E-state index is 14.7. The van der Waals surface area contributed by atoms with E-state index in [-0.39, 0.29) is 11.8 Å². The fourth-order valence-electron chi connectivity index (χ4n) is 2.97. The minimum absolute atomic E-state index is 0.133. The number of carbonyl (C=O) groups excluding carboxylic acids is 1. The number of amidine groups is 1. The van der Waals surface area contributed by atoms with Gasteiger partial charge in [-0.25, -0.2) is 4.99 Å². The maximum absolute atomic E-state index is 14.7. The van der Waals surface area contributed by atoms with Crippen LogP contribution in [-0.4, -0.2) is 70.8 Å². The van der Waals surface area contributed by atoms with Crippen LogP contribution in [0.1, 0.15) is 20.8 Å². The number of alkyl halides is 2. The number of aliphatic hydroxyl groups is 1. The summed E-state index contributed by atoms with van der Waals surface area (Å²) in [7, 11) is 0. The summed E-state index contributed by atoms with van der Waals surface area (Å²) < 4.78 is 45.2. The molecule has 27 heavy (non-hydrogen) atoms. The summed E-state index contributed by atoms with van der Waals surface area (Å²) in [4.78, 5) is 17.1. The van der Waals surface area contributed by atoms with Crippen molar-refractivity contribution in [3.8, 4) is 0 Å². The zero-order chi connectivity index (χ0) is 20.1. The molecule has 152 valence electrons. The van der Waals surface area contributed by atoms with Gasteiger partial charge in [-0.3, -0.25) is 4.79 Å². The Hall–Kier alpha value is -1.82. The number of hydrogen-bond acceptors (Lipinski definition) is 9. The van der Waals surface area contributed by atoms with Crippen LogP contribution < -0.4 is 11.5 Å². The molecule has 0 spiro atoms. The molecule has 2 saturated heterocycles. The lowest BCUT2D eigenvalue weighted by molar-refractivity contribution is -0.170. The molecule has 11 heteroatoms. The SMILES string of the molecule is CC(C)C(N)C(=O)OC(C)C1OC(N2C=CC(N)=NC3OC32)C(F)(F)C1O. The minimum atomic E-state index is -3.65. The first-order valence-electron chi connectivity index (χ1n) is 8.65. The van der Waals surface area contributed by atoms with Gasteiger partial charge < -0.3 is 35.7 Å². The summed E-state index contributed by atoms with van der Waals surface area (Å²) in [6, 6.07) is -0.906. The smallest absolute Gasteiger partial charge is 0.323 e. The number of hydrogen-bond donors (Lipinski definition) is 3. The highest BCUT2D eigenvalue weighted by Crippen LogP contribution is 2.43. The third-order valence-corrected chi connectivity index (χ3v) is 4.78. The molecule has 0 saturated carbocycles. The molecule has 0 bridgehead atoms. The third-order valence-electron chi connectivity index (χ3n) is 4.78. The van der Waals surface area contributed by atoms with E-state index in [0.29, 0.717) is 0 Å². The van der Waals surface area contributed by atoms with Gasteiger partial charge in [-0.2, -0.15) is 8.78 Å². The van der Waals surface area contributed by atoms with Crippen molar-refractivity contribution >= 4 is 11.8 Å². The van der Waals surface area contributed by atoms with Gasteiger partial charge in [0, 0.05) is 6.20 Å². The number of halogens is 2. The van der Waals surface area contributed by atoms with Gasteiger partial charge in [0.15, 0.2) is 24.8 Å². The lowest BCUT2D eigenvalue weighted by atomic mass is 10.0. The van der Waals surface area contributed by atoms with E-state index in [4.69, 9.17) is 25.7 Å². The number of esters is 1.